The summed E-state index contributed by atoms with van der Waals surface area (Å²) in [7, 11) is 1.30. The first-order chi connectivity index (χ1) is 9.61. The summed E-state index contributed by atoms with van der Waals surface area (Å²) in [4.78, 5) is 27.8. The molecule has 0 spiro atoms. The molecule has 2 aromatic heterocycles. The molecule has 0 bridgehead atoms. The third kappa shape index (κ3) is 3.05. The van der Waals surface area contributed by atoms with E-state index in [1.807, 2.05) is 13.8 Å². The zero-order chi connectivity index (χ0) is 14.5. The molecule has 0 aromatic carbocycles. The van der Waals surface area contributed by atoms with Crippen LogP contribution in [0.1, 0.15) is 11.3 Å². The van der Waals surface area contributed by atoms with Gasteiger partial charge in [-0.3, -0.25) is 4.98 Å². The lowest BCUT2D eigenvalue weighted by Gasteiger charge is -2.10. The summed E-state index contributed by atoms with van der Waals surface area (Å²) in [6.07, 6.45) is 4.69. The third-order valence-electron chi connectivity index (χ3n) is 2.69. The van der Waals surface area contributed by atoms with Crippen LogP contribution in [0.5, 0.6) is 5.88 Å². The summed E-state index contributed by atoms with van der Waals surface area (Å²) in [6.45, 7) is 3.46. The third-order valence-corrected chi connectivity index (χ3v) is 2.69. The van der Waals surface area contributed by atoms with Crippen LogP contribution >= 0.6 is 0 Å². The zero-order valence-corrected chi connectivity index (χ0v) is 11.5. The monoisotopic (exact) mass is 274 g/mol. The van der Waals surface area contributed by atoms with E-state index in [4.69, 9.17) is 4.74 Å². The van der Waals surface area contributed by atoms with E-state index in [1.54, 1.807) is 18.6 Å². The molecule has 0 aliphatic rings. The molecule has 0 atom stereocenters. The minimum absolute atomic E-state index is 0.201. The molecule has 20 heavy (non-hydrogen) atoms. The van der Waals surface area contributed by atoms with Crippen LogP contribution < -0.4 is 4.74 Å². The summed E-state index contributed by atoms with van der Waals surface area (Å²) in [5.74, 6) is 0.270. The SMILES string of the molecule is COC(=O)COc1nc(-c2cnccn2)nc(C)c1C. The number of methoxy groups -OCH3 is 1. The van der Waals surface area contributed by atoms with Crippen molar-refractivity contribution in [1.82, 2.24) is 19.9 Å². The Balaban J connectivity index is 2.32. The van der Waals surface area contributed by atoms with Crippen molar-refractivity contribution in [2.75, 3.05) is 13.7 Å². The molecule has 0 N–H and O–H groups in total. The van der Waals surface area contributed by atoms with Crippen molar-refractivity contribution in [3.8, 4) is 17.4 Å². The van der Waals surface area contributed by atoms with Gasteiger partial charge in [0, 0.05) is 23.7 Å². The van der Waals surface area contributed by atoms with E-state index in [-0.39, 0.29) is 6.61 Å². The number of carbonyl (C=O) groups is 1. The average Bonchev–Trinajstić information content (AvgIpc) is 2.49. The van der Waals surface area contributed by atoms with Crippen LogP contribution in [0.2, 0.25) is 0 Å². The number of aromatic nitrogens is 4. The molecular weight excluding hydrogens is 260 g/mol. The Morgan fingerprint density at radius 3 is 2.70 bits per heavy atom. The van der Waals surface area contributed by atoms with Crippen molar-refractivity contribution in [2.45, 2.75) is 13.8 Å². The first kappa shape index (κ1) is 13.9. The van der Waals surface area contributed by atoms with Crippen molar-refractivity contribution >= 4 is 5.97 Å². The van der Waals surface area contributed by atoms with E-state index < -0.39 is 5.97 Å². The lowest BCUT2D eigenvalue weighted by molar-refractivity contribution is -0.143. The minimum Gasteiger partial charge on any atom is -0.466 e. The maximum atomic E-state index is 11.1. The van der Waals surface area contributed by atoms with Crippen molar-refractivity contribution in [3.63, 3.8) is 0 Å². The van der Waals surface area contributed by atoms with Crippen LogP contribution in [0.25, 0.3) is 11.5 Å². The summed E-state index contributed by atoms with van der Waals surface area (Å²) in [6, 6.07) is 0. The molecule has 7 heteroatoms. The summed E-state index contributed by atoms with van der Waals surface area (Å²) < 4.78 is 9.89. The highest BCUT2D eigenvalue weighted by Gasteiger charge is 2.13. The predicted octanol–water partition coefficient (Wildman–Crippen LogP) is 1.10. The molecule has 104 valence electrons. The predicted molar refractivity (Wildman–Crippen MR) is 70.0 cm³/mol. The second kappa shape index (κ2) is 6.05. The Hall–Kier alpha value is -2.57. The van der Waals surface area contributed by atoms with E-state index in [9.17, 15) is 4.79 Å². The van der Waals surface area contributed by atoms with Crippen molar-refractivity contribution < 1.29 is 14.3 Å². The van der Waals surface area contributed by atoms with Gasteiger partial charge < -0.3 is 9.47 Å². The Morgan fingerprint density at radius 2 is 2.05 bits per heavy atom. The lowest BCUT2D eigenvalue weighted by atomic mass is 10.2. The van der Waals surface area contributed by atoms with Gasteiger partial charge in [-0.15, -0.1) is 0 Å². The number of carbonyl (C=O) groups excluding carboxylic acids is 1. The molecular formula is C13H14N4O3. The van der Waals surface area contributed by atoms with E-state index in [0.29, 0.717) is 17.4 Å². The van der Waals surface area contributed by atoms with Crippen LogP contribution in [0.3, 0.4) is 0 Å². The quantitative estimate of drug-likeness (QED) is 0.771. The fraction of sp³-hybridized carbons (Fsp3) is 0.308. The molecule has 2 aromatic rings. The molecule has 0 saturated heterocycles. The van der Waals surface area contributed by atoms with Gasteiger partial charge in [-0.25, -0.2) is 14.8 Å². The molecule has 0 saturated carbocycles. The highest BCUT2D eigenvalue weighted by Crippen LogP contribution is 2.21. The molecule has 0 fully saturated rings. The van der Waals surface area contributed by atoms with E-state index in [0.717, 1.165) is 11.3 Å². The number of rotatable bonds is 4. The van der Waals surface area contributed by atoms with Crippen LogP contribution in [0, 0.1) is 13.8 Å². The Kier molecular flexibility index (Phi) is 4.19. The molecule has 0 aliphatic heterocycles. The Bertz CT molecular complexity index is 617. The second-order valence-electron chi connectivity index (χ2n) is 4.02. The largest absolute Gasteiger partial charge is 0.466 e. The standard InChI is InChI=1S/C13H14N4O3/c1-8-9(2)16-12(10-6-14-4-5-15-10)17-13(8)20-7-11(18)19-3/h4-6H,7H2,1-3H3. The molecule has 7 nitrogen and oxygen atoms in total. The maximum absolute atomic E-state index is 11.1. The van der Waals surface area contributed by atoms with Crippen LogP contribution in [0.15, 0.2) is 18.6 Å². The van der Waals surface area contributed by atoms with Gasteiger partial charge in [-0.05, 0) is 13.8 Å². The molecule has 0 unspecified atom stereocenters. The topological polar surface area (TPSA) is 87.1 Å². The van der Waals surface area contributed by atoms with Crippen molar-refractivity contribution in [3.05, 3.63) is 29.8 Å². The first-order valence-electron chi connectivity index (χ1n) is 5.93. The molecule has 0 amide bonds. The fourth-order valence-corrected chi connectivity index (χ4v) is 1.46. The van der Waals surface area contributed by atoms with Crippen LogP contribution in [-0.4, -0.2) is 39.6 Å². The molecule has 2 heterocycles. The van der Waals surface area contributed by atoms with Crippen molar-refractivity contribution in [1.29, 1.82) is 0 Å². The maximum Gasteiger partial charge on any atom is 0.343 e. The van der Waals surface area contributed by atoms with E-state index >= 15 is 0 Å². The van der Waals surface area contributed by atoms with Gasteiger partial charge in [0.25, 0.3) is 0 Å². The Labute approximate surface area is 116 Å². The van der Waals surface area contributed by atoms with Crippen molar-refractivity contribution in [2.24, 2.45) is 0 Å². The number of aryl methyl sites for hydroxylation is 1. The number of ether oxygens (including phenoxy) is 2. The van der Waals surface area contributed by atoms with E-state index in [1.165, 1.54) is 7.11 Å². The van der Waals surface area contributed by atoms with Gasteiger partial charge in [-0.1, -0.05) is 0 Å². The summed E-state index contributed by atoms with van der Waals surface area (Å²) in [5.41, 5.74) is 2.06. The highest BCUT2D eigenvalue weighted by atomic mass is 16.6. The zero-order valence-electron chi connectivity index (χ0n) is 11.5. The minimum atomic E-state index is -0.471. The Morgan fingerprint density at radius 1 is 1.25 bits per heavy atom. The first-order valence-corrected chi connectivity index (χ1v) is 5.93. The number of nitrogens with zero attached hydrogens (tertiary/aromatic N) is 4. The van der Waals surface area contributed by atoms with Gasteiger partial charge in [0.1, 0.15) is 5.69 Å². The van der Waals surface area contributed by atoms with E-state index in [2.05, 4.69) is 24.7 Å². The average molecular weight is 274 g/mol. The lowest BCUT2D eigenvalue weighted by Crippen LogP contribution is -2.14. The number of hydrogen-bond acceptors (Lipinski definition) is 7. The van der Waals surface area contributed by atoms with Gasteiger partial charge in [0.15, 0.2) is 12.4 Å². The molecule has 0 aliphatic carbocycles. The molecule has 2 rings (SSSR count). The van der Waals surface area contributed by atoms with Gasteiger partial charge in [0.2, 0.25) is 5.88 Å². The normalized spacial score (nSPS) is 10.2. The van der Waals surface area contributed by atoms with Gasteiger partial charge >= 0.3 is 5.97 Å². The summed E-state index contributed by atoms with van der Waals surface area (Å²) >= 11 is 0. The fourth-order valence-electron chi connectivity index (χ4n) is 1.46. The number of esters is 1. The number of hydrogen-bond donors (Lipinski definition) is 0. The summed E-state index contributed by atoms with van der Waals surface area (Å²) in [5, 5.41) is 0. The molecule has 0 radical (unpaired) electrons. The smallest absolute Gasteiger partial charge is 0.343 e. The van der Waals surface area contributed by atoms with Crippen LogP contribution in [-0.2, 0) is 9.53 Å². The highest BCUT2D eigenvalue weighted by molar-refractivity contribution is 5.70. The second-order valence-corrected chi connectivity index (χ2v) is 4.02. The van der Waals surface area contributed by atoms with Crippen LogP contribution in [0.4, 0.5) is 0 Å². The van der Waals surface area contributed by atoms with Gasteiger partial charge in [0.05, 0.1) is 13.3 Å². The van der Waals surface area contributed by atoms with Gasteiger partial charge in [-0.2, -0.15) is 4.98 Å².